The third-order valence-electron chi connectivity index (χ3n) is 5.03. The van der Waals surface area contributed by atoms with Crippen molar-refractivity contribution in [1.29, 1.82) is 0 Å². The molecule has 1 amide bonds. The molecule has 35 heavy (non-hydrogen) atoms. The van der Waals surface area contributed by atoms with Crippen molar-refractivity contribution in [2.45, 2.75) is 23.5 Å². The van der Waals surface area contributed by atoms with Crippen LogP contribution >= 0.6 is 0 Å². The summed E-state index contributed by atoms with van der Waals surface area (Å²) in [6, 6.07) is 9.16. The van der Waals surface area contributed by atoms with Crippen LogP contribution in [0.5, 0.6) is 0 Å². The standard InChI is InChI=1S/C21H16F5N5O3S/c1-35(33,34)13-4-2-3-11(7-13)9-27-17-15(21(24,25)26)10-28-19(31-17)29-12-5-6-16-14(8-12)20(22,23)18(32)30-16/h2-8,10H,9H2,1H3,(H,30,32)(H2,27,28,29,31). The number of carbonyl (C=O) groups is 1. The molecule has 4 rings (SSSR count). The fourth-order valence-corrected chi connectivity index (χ4v) is 3.99. The maximum absolute atomic E-state index is 14.0. The monoisotopic (exact) mass is 513 g/mol. The molecule has 0 fully saturated rings. The third kappa shape index (κ3) is 5.01. The molecule has 2 heterocycles. The molecule has 8 nitrogen and oxygen atoms in total. The van der Waals surface area contributed by atoms with E-state index in [1.165, 1.54) is 36.4 Å². The minimum absolute atomic E-state index is 0.000675. The van der Waals surface area contributed by atoms with Crippen molar-refractivity contribution in [1.82, 2.24) is 9.97 Å². The molecule has 3 N–H and O–H groups in total. The average Bonchev–Trinajstić information content (AvgIpc) is 2.99. The first-order valence-corrected chi connectivity index (χ1v) is 11.7. The Hall–Kier alpha value is -3.81. The summed E-state index contributed by atoms with van der Waals surface area (Å²) in [7, 11) is -3.52. The molecule has 2 aromatic carbocycles. The molecule has 0 unspecified atom stereocenters. The van der Waals surface area contributed by atoms with Crippen molar-refractivity contribution in [3.8, 4) is 0 Å². The van der Waals surface area contributed by atoms with Gasteiger partial charge in [-0.05, 0) is 35.9 Å². The predicted octanol–water partition coefficient (Wildman–Crippen LogP) is 4.30. The van der Waals surface area contributed by atoms with Gasteiger partial charge in [-0.1, -0.05) is 12.1 Å². The minimum atomic E-state index is -4.81. The van der Waals surface area contributed by atoms with E-state index >= 15 is 0 Å². The van der Waals surface area contributed by atoms with Gasteiger partial charge in [-0.2, -0.15) is 26.9 Å². The Morgan fingerprint density at radius 3 is 2.54 bits per heavy atom. The number of nitrogens with one attached hydrogen (secondary N) is 3. The Morgan fingerprint density at radius 2 is 1.86 bits per heavy atom. The lowest BCUT2D eigenvalue weighted by Gasteiger charge is -2.15. The number of nitrogens with zero attached hydrogens (tertiary/aromatic N) is 2. The van der Waals surface area contributed by atoms with Crippen molar-refractivity contribution in [3.63, 3.8) is 0 Å². The molecular weight excluding hydrogens is 497 g/mol. The van der Waals surface area contributed by atoms with E-state index in [0.717, 1.165) is 12.3 Å². The normalized spacial score (nSPS) is 14.9. The Labute approximate surface area is 195 Å². The molecule has 0 spiro atoms. The maximum Gasteiger partial charge on any atom is 0.421 e. The van der Waals surface area contributed by atoms with E-state index in [4.69, 9.17) is 0 Å². The number of aromatic nitrogens is 2. The molecule has 1 aromatic heterocycles. The van der Waals surface area contributed by atoms with Crippen molar-refractivity contribution >= 4 is 38.9 Å². The van der Waals surface area contributed by atoms with Gasteiger partial charge in [0.05, 0.1) is 16.1 Å². The van der Waals surface area contributed by atoms with Crippen LogP contribution in [0.25, 0.3) is 0 Å². The van der Waals surface area contributed by atoms with Crippen molar-refractivity contribution in [3.05, 3.63) is 65.4 Å². The number of alkyl halides is 5. The Balaban J connectivity index is 1.61. The van der Waals surface area contributed by atoms with Crippen LogP contribution < -0.4 is 16.0 Å². The molecule has 0 radical (unpaired) electrons. The summed E-state index contributed by atoms with van der Waals surface area (Å²) in [4.78, 5) is 18.8. The van der Waals surface area contributed by atoms with Gasteiger partial charge in [-0.3, -0.25) is 4.79 Å². The number of amides is 1. The van der Waals surface area contributed by atoms with Crippen LogP contribution in [-0.4, -0.2) is 30.5 Å². The van der Waals surface area contributed by atoms with Gasteiger partial charge >= 0.3 is 12.1 Å². The summed E-state index contributed by atoms with van der Waals surface area (Å²) in [5.41, 5.74) is -1.46. The Kier molecular flexibility index (Phi) is 5.87. The number of halogens is 5. The fraction of sp³-hybridized carbons (Fsp3) is 0.190. The first-order chi connectivity index (χ1) is 16.2. The second-order valence-electron chi connectivity index (χ2n) is 7.64. The highest BCUT2D eigenvalue weighted by Gasteiger charge is 2.48. The smallest absolute Gasteiger partial charge is 0.365 e. The SMILES string of the molecule is CS(=O)(=O)c1cccc(CNc2nc(Nc3ccc4c(c3)C(F)(F)C(=O)N4)ncc2C(F)(F)F)c1. The minimum Gasteiger partial charge on any atom is -0.365 e. The average molecular weight is 513 g/mol. The van der Waals surface area contributed by atoms with E-state index in [1.54, 1.807) is 0 Å². The van der Waals surface area contributed by atoms with Crippen LogP contribution in [0.15, 0.2) is 53.6 Å². The van der Waals surface area contributed by atoms with Crippen LogP contribution in [0, 0.1) is 0 Å². The van der Waals surface area contributed by atoms with E-state index in [9.17, 15) is 35.2 Å². The molecule has 0 atom stereocenters. The largest absolute Gasteiger partial charge is 0.421 e. The van der Waals surface area contributed by atoms with E-state index in [-0.39, 0.29) is 28.8 Å². The summed E-state index contributed by atoms with van der Waals surface area (Å²) in [5, 5.41) is 7.11. The van der Waals surface area contributed by atoms with Gasteiger partial charge in [-0.15, -0.1) is 0 Å². The molecule has 0 saturated carbocycles. The Bertz CT molecular complexity index is 1430. The third-order valence-corrected chi connectivity index (χ3v) is 6.14. The Morgan fingerprint density at radius 1 is 1.11 bits per heavy atom. The van der Waals surface area contributed by atoms with Gasteiger partial charge in [0.1, 0.15) is 11.4 Å². The topological polar surface area (TPSA) is 113 Å². The van der Waals surface area contributed by atoms with E-state index < -0.39 is 44.8 Å². The highest BCUT2D eigenvalue weighted by atomic mass is 32.2. The second-order valence-corrected chi connectivity index (χ2v) is 9.66. The highest BCUT2D eigenvalue weighted by Crippen LogP contribution is 2.42. The van der Waals surface area contributed by atoms with Crippen molar-refractivity contribution in [2.24, 2.45) is 0 Å². The predicted molar refractivity (Wildman–Crippen MR) is 116 cm³/mol. The number of fused-ring (bicyclic) bond motifs is 1. The summed E-state index contributed by atoms with van der Waals surface area (Å²) in [6.45, 7) is -0.193. The van der Waals surface area contributed by atoms with E-state index in [2.05, 4.69) is 20.6 Å². The zero-order valence-corrected chi connectivity index (χ0v) is 18.6. The van der Waals surface area contributed by atoms with Crippen molar-refractivity contribution < 1.29 is 35.2 Å². The van der Waals surface area contributed by atoms with Crippen LogP contribution in [0.3, 0.4) is 0 Å². The second kappa shape index (κ2) is 8.45. The number of sulfone groups is 1. The van der Waals surface area contributed by atoms with Crippen LogP contribution in [0.2, 0.25) is 0 Å². The number of anilines is 4. The van der Waals surface area contributed by atoms with Gasteiger partial charge < -0.3 is 16.0 Å². The van der Waals surface area contributed by atoms with Crippen LogP contribution in [0.1, 0.15) is 16.7 Å². The molecule has 184 valence electrons. The zero-order valence-electron chi connectivity index (χ0n) is 17.7. The van der Waals surface area contributed by atoms with Crippen LogP contribution in [0.4, 0.5) is 45.1 Å². The molecule has 0 saturated heterocycles. The van der Waals surface area contributed by atoms with Crippen LogP contribution in [-0.2, 0) is 33.3 Å². The number of benzene rings is 2. The summed E-state index contributed by atoms with van der Waals surface area (Å²) in [6.07, 6.45) is -3.28. The van der Waals surface area contributed by atoms with Gasteiger partial charge in [-0.25, -0.2) is 13.4 Å². The first kappa shape index (κ1) is 24.3. The number of hydrogen-bond donors (Lipinski definition) is 3. The lowest BCUT2D eigenvalue weighted by molar-refractivity contribution is -0.139. The van der Waals surface area contributed by atoms with E-state index in [0.29, 0.717) is 11.8 Å². The molecule has 0 aliphatic carbocycles. The summed E-state index contributed by atoms with van der Waals surface area (Å²) < 4.78 is 91.9. The number of hydrogen-bond acceptors (Lipinski definition) is 7. The quantitative estimate of drug-likeness (QED) is 0.422. The zero-order chi connectivity index (χ0) is 25.6. The van der Waals surface area contributed by atoms with Crippen molar-refractivity contribution in [2.75, 3.05) is 22.2 Å². The first-order valence-electron chi connectivity index (χ1n) is 9.83. The van der Waals surface area contributed by atoms with Gasteiger partial charge in [0.25, 0.3) is 5.91 Å². The summed E-state index contributed by atoms with van der Waals surface area (Å²) in [5.74, 6) is -6.18. The molecule has 1 aliphatic rings. The molecule has 1 aliphatic heterocycles. The van der Waals surface area contributed by atoms with E-state index in [1.807, 2.05) is 5.32 Å². The van der Waals surface area contributed by atoms with Gasteiger partial charge in [0.2, 0.25) is 5.95 Å². The molecule has 14 heteroatoms. The number of rotatable bonds is 6. The molecule has 0 bridgehead atoms. The fourth-order valence-electron chi connectivity index (χ4n) is 3.30. The lowest BCUT2D eigenvalue weighted by Crippen LogP contribution is -2.23. The number of carbonyl (C=O) groups excluding carboxylic acids is 1. The van der Waals surface area contributed by atoms with Gasteiger partial charge in [0.15, 0.2) is 9.84 Å². The lowest BCUT2D eigenvalue weighted by atomic mass is 10.1. The van der Waals surface area contributed by atoms with Gasteiger partial charge in [0, 0.05) is 24.7 Å². The highest BCUT2D eigenvalue weighted by molar-refractivity contribution is 7.90. The summed E-state index contributed by atoms with van der Waals surface area (Å²) >= 11 is 0. The maximum atomic E-state index is 14.0. The molecular formula is C21H16F5N5O3S. The molecule has 3 aromatic rings.